The van der Waals surface area contributed by atoms with Crippen molar-refractivity contribution in [1.82, 2.24) is 14.8 Å². The number of anilines is 1. The van der Waals surface area contributed by atoms with Gasteiger partial charge in [0.1, 0.15) is 5.82 Å². The molecule has 2 rings (SSSR count). The van der Waals surface area contributed by atoms with Gasteiger partial charge in [0.05, 0.1) is 5.92 Å². The van der Waals surface area contributed by atoms with Crippen LogP contribution in [0.25, 0.3) is 0 Å². The maximum absolute atomic E-state index is 13.2. The van der Waals surface area contributed by atoms with Crippen molar-refractivity contribution in [3.63, 3.8) is 0 Å². The van der Waals surface area contributed by atoms with Crippen molar-refractivity contribution in [2.75, 3.05) is 11.9 Å². The van der Waals surface area contributed by atoms with Crippen LogP contribution < -0.4 is 5.32 Å². The largest absolute Gasteiger partial charge is 0.392 e. The molecular formula is C13H21F3N4. The van der Waals surface area contributed by atoms with Crippen LogP contribution in [0.15, 0.2) is 0 Å². The van der Waals surface area contributed by atoms with Crippen LogP contribution in [0.4, 0.5) is 19.1 Å². The summed E-state index contributed by atoms with van der Waals surface area (Å²) in [5.74, 6) is -0.814. The summed E-state index contributed by atoms with van der Waals surface area (Å²) in [7, 11) is 0. The summed E-state index contributed by atoms with van der Waals surface area (Å²) in [6, 6.07) is 0. The minimum absolute atomic E-state index is 0.196. The van der Waals surface area contributed by atoms with Crippen LogP contribution in [-0.2, 0) is 6.54 Å². The molecule has 1 aromatic heterocycles. The maximum Gasteiger partial charge on any atom is 0.392 e. The third-order valence-electron chi connectivity index (χ3n) is 3.95. The monoisotopic (exact) mass is 290 g/mol. The summed E-state index contributed by atoms with van der Waals surface area (Å²) < 4.78 is 41.4. The van der Waals surface area contributed by atoms with Crippen molar-refractivity contribution in [1.29, 1.82) is 0 Å². The predicted molar refractivity (Wildman–Crippen MR) is 70.6 cm³/mol. The van der Waals surface area contributed by atoms with Gasteiger partial charge in [0.15, 0.2) is 0 Å². The van der Waals surface area contributed by atoms with Gasteiger partial charge in [-0.25, -0.2) is 0 Å². The first-order valence-electron chi connectivity index (χ1n) is 7.22. The zero-order valence-electron chi connectivity index (χ0n) is 11.9. The second-order valence-electron chi connectivity index (χ2n) is 5.20. The van der Waals surface area contributed by atoms with E-state index < -0.39 is 18.0 Å². The van der Waals surface area contributed by atoms with Crippen molar-refractivity contribution in [2.45, 2.75) is 58.2 Å². The first-order valence-corrected chi connectivity index (χ1v) is 7.22. The maximum atomic E-state index is 13.2. The standard InChI is InChI=1S/C13H21F3N4/c1-3-17-12-19-18-11(20(12)4-2)9-7-5-6-8-10(9)13(14,15)16/h9-10H,3-8H2,1-2H3,(H,17,19). The minimum atomic E-state index is -4.16. The zero-order valence-corrected chi connectivity index (χ0v) is 11.9. The summed E-state index contributed by atoms with van der Waals surface area (Å²) in [5, 5.41) is 11.1. The van der Waals surface area contributed by atoms with Gasteiger partial charge in [-0.1, -0.05) is 12.8 Å². The Hall–Kier alpha value is -1.27. The normalized spacial score (nSPS) is 23.9. The van der Waals surface area contributed by atoms with E-state index in [2.05, 4.69) is 15.5 Å². The molecule has 1 fully saturated rings. The predicted octanol–water partition coefficient (Wildman–Crippen LogP) is 3.57. The van der Waals surface area contributed by atoms with Crippen molar-refractivity contribution in [3.05, 3.63) is 5.82 Å². The molecule has 20 heavy (non-hydrogen) atoms. The highest BCUT2D eigenvalue weighted by Gasteiger charge is 2.47. The van der Waals surface area contributed by atoms with Crippen LogP contribution in [0.1, 0.15) is 51.3 Å². The lowest BCUT2D eigenvalue weighted by Gasteiger charge is -2.32. The fourth-order valence-corrected chi connectivity index (χ4v) is 3.02. The highest BCUT2D eigenvalue weighted by Crippen LogP contribution is 2.46. The number of halogens is 3. The minimum Gasteiger partial charge on any atom is -0.355 e. The van der Waals surface area contributed by atoms with Crippen molar-refractivity contribution in [2.24, 2.45) is 5.92 Å². The lowest BCUT2D eigenvalue weighted by molar-refractivity contribution is -0.188. The van der Waals surface area contributed by atoms with Crippen LogP contribution in [0, 0.1) is 5.92 Å². The van der Waals surface area contributed by atoms with E-state index in [1.807, 2.05) is 13.8 Å². The van der Waals surface area contributed by atoms with E-state index in [0.29, 0.717) is 37.7 Å². The molecule has 0 radical (unpaired) electrons. The molecule has 1 aromatic rings. The molecule has 1 N–H and O–H groups in total. The number of nitrogens with zero attached hydrogens (tertiary/aromatic N) is 3. The summed E-state index contributed by atoms with van der Waals surface area (Å²) in [5.41, 5.74) is 0. The van der Waals surface area contributed by atoms with Gasteiger partial charge in [-0.2, -0.15) is 13.2 Å². The van der Waals surface area contributed by atoms with E-state index in [4.69, 9.17) is 0 Å². The average Bonchev–Trinajstić information content (AvgIpc) is 2.81. The van der Waals surface area contributed by atoms with Crippen molar-refractivity contribution < 1.29 is 13.2 Å². The Kier molecular flexibility index (Phi) is 4.55. The molecule has 7 heteroatoms. The van der Waals surface area contributed by atoms with Gasteiger partial charge in [-0.15, -0.1) is 10.2 Å². The third kappa shape index (κ3) is 2.91. The molecule has 0 aromatic carbocycles. The number of aromatic nitrogens is 3. The second-order valence-corrected chi connectivity index (χ2v) is 5.20. The Balaban J connectivity index is 2.32. The Morgan fingerprint density at radius 1 is 1.20 bits per heavy atom. The topological polar surface area (TPSA) is 42.7 Å². The smallest absolute Gasteiger partial charge is 0.355 e. The summed E-state index contributed by atoms with van der Waals surface area (Å²) >= 11 is 0. The molecule has 0 saturated heterocycles. The molecule has 114 valence electrons. The summed E-state index contributed by atoms with van der Waals surface area (Å²) in [4.78, 5) is 0. The Labute approximate surface area is 116 Å². The van der Waals surface area contributed by atoms with Crippen LogP contribution in [0.3, 0.4) is 0 Å². The van der Waals surface area contributed by atoms with Crippen LogP contribution in [-0.4, -0.2) is 27.5 Å². The first-order chi connectivity index (χ1) is 9.49. The van der Waals surface area contributed by atoms with Crippen LogP contribution in [0.5, 0.6) is 0 Å². The van der Waals surface area contributed by atoms with Gasteiger partial charge in [0.25, 0.3) is 0 Å². The number of hydrogen-bond acceptors (Lipinski definition) is 3. The molecule has 1 heterocycles. The van der Waals surface area contributed by atoms with Gasteiger partial charge in [0.2, 0.25) is 5.95 Å². The molecule has 0 amide bonds. The summed E-state index contributed by atoms with van der Waals surface area (Å²) in [6.45, 7) is 5.07. The first kappa shape index (κ1) is 15.1. The van der Waals surface area contributed by atoms with E-state index in [-0.39, 0.29) is 6.42 Å². The van der Waals surface area contributed by atoms with E-state index >= 15 is 0 Å². The molecule has 1 aliphatic carbocycles. The van der Waals surface area contributed by atoms with Crippen LogP contribution >= 0.6 is 0 Å². The van der Waals surface area contributed by atoms with E-state index in [9.17, 15) is 13.2 Å². The molecule has 0 spiro atoms. The van der Waals surface area contributed by atoms with Gasteiger partial charge in [0, 0.05) is 19.0 Å². The molecule has 1 aliphatic rings. The fourth-order valence-electron chi connectivity index (χ4n) is 3.02. The number of rotatable bonds is 4. The quantitative estimate of drug-likeness (QED) is 0.922. The Bertz CT molecular complexity index is 441. The Morgan fingerprint density at radius 3 is 2.50 bits per heavy atom. The second kappa shape index (κ2) is 6.01. The van der Waals surface area contributed by atoms with Gasteiger partial charge in [-0.3, -0.25) is 4.57 Å². The Morgan fingerprint density at radius 2 is 1.90 bits per heavy atom. The lowest BCUT2D eigenvalue weighted by atomic mass is 9.78. The van der Waals surface area contributed by atoms with Gasteiger partial charge < -0.3 is 5.32 Å². The third-order valence-corrected chi connectivity index (χ3v) is 3.95. The van der Waals surface area contributed by atoms with E-state index in [0.717, 1.165) is 6.42 Å². The number of hydrogen-bond donors (Lipinski definition) is 1. The molecule has 1 saturated carbocycles. The highest BCUT2D eigenvalue weighted by atomic mass is 19.4. The van der Waals surface area contributed by atoms with Crippen LogP contribution in [0.2, 0.25) is 0 Å². The number of nitrogens with one attached hydrogen (secondary N) is 1. The lowest BCUT2D eigenvalue weighted by Crippen LogP contribution is -2.33. The fraction of sp³-hybridized carbons (Fsp3) is 0.846. The van der Waals surface area contributed by atoms with Crippen molar-refractivity contribution in [3.8, 4) is 0 Å². The van der Waals surface area contributed by atoms with E-state index in [1.165, 1.54) is 0 Å². The number of alkyl halides is 3. The summed E-state index contributed by atoms with van der Waals surface area (Å²) in [6.07, 6.45) is -1.96. The molecular weight excluding hydrogens is 269 g/mol. The highest BCUT2D eigenvalue weighted by molar-refractivity contribution is 5.27. The molecule has 2 atom stereocenters. The van der Waals surface area contributed by atoms with Gasteiger partial charge in [-0.05, 0) is 26.7 Å². The SMILES string of the molecule is CCNc1nnc(C2CCCCC2C(F)(F)F)n1CC. The van der Waals surface area contributed by atoms with Crippen molar-refractivity contribution >= 4 is 5.95 Å². The average molecular weight is 290 g/mol. The molecule has 0 aliphatic heterocycles. The molecule has 0 bridgehead atoms. The molecule has 2 unspecified atom stereocenters. The van der Waals surface area contributed by atoms with E-state index in [1.54, 1.807) is 4.57 Å². The zero-order chi connectivity index (χ0) is 14.8. The van der Waals surface area contributed by atoms with Gasteiger partial charge >= 0.3 is 6.18 Å². The molecule has 4 nitrogen and oxygen atoms in total.